The Kier molecular flexibility index (Phi) is 2.44. The molecule has 1 aliphatic carbocycles. The largest absolute Gasteiger partial charge is 0.478 e. The minimum Gasteiger partial charge on any atom is -0.478 e. The van der Waals surface area contributed by atoms with E-state index in [0.717, 1.165) is 17.7 Å². The number of nitrogens with zero attached hydrogens (tertiary/aromatic N) is 1. The number of aromatic nitrogens is 1. The normalized spacial score (nSPS) is 13.8. The number of fused-ring (bicyclic) bond motifs is 2. The van der Waals surface area contributed by atoms with Crippen LogP contribution in [0.1, 0.15) is 27.2 Å². The van der Waals surface area contributed by atoms with Crippen LogP contribution in [-0.2, 0) is 12.8 Å². The van der Waals surface area contributed by atoms with Crippen LogP contribution in [0.2, 0.25) is 0 Å². The fraction of sp³-hybridized carbons (Fsp3) is 0.200. The second kappa shape index (κ2) is 4.18. The van der Waals surface area contributed by atoms with Gasteiger partial charge in [0, 0.05) is 4.88 Å². The number of carboxylic acids is 1. The standard InChI is InChI=1S/C15H11NO3S/c17-15(18)9-4-5-11-10(6-9)16-14(19-11)13-7-8-2-1-3-12(8)20-13/h4-7H,1-3H2,(H,17,18). The zero-order chi connectivity index (χ0) is 13.7. The van der Waals surface area contributed by atoms with Gasteiger partial charge in [-0.15, -0.1) is 11.3 Å². The molecule has 2 aromatic heterocycles. The molecule has 1 aromatic carbocycles. The Bertz CT molecular complexity index is 809. The fourth-order valence-electron chi connectivity index (χ4n) is 2.60. The summed E-state index contributed by atoms with van der Waals surface area (Å²) < 4.78 is 5.73. The predicted molar refractivity (Wildman–Crippen MR) is 76.3 cm³/mol. The van der Waals surface area contributed by atoms with Crippen molar-refractivity contribution in [1.82, 2.24) is 4.98 Å². The Morgan fingerprint density at radius 3 is 3.00 bits per heavy atom. The minimum atomic E-state index is -0.952. The minimum absolute atomic E-state index is 0.228. The highest BCUT2D eigenvalue weighted by Crippen LogP contribution is 2.37. The van der Waals surface area contributed by atoms with Crippen molar-refractivity contribution in [2.75, 3.05) is 0 Å². The van der Waals surface area contributed by atoms with E-state index in [2.05, 4.69) is 11.1 Å². The first-order chi connectivity index (χ1) is 9.70. The Balaban J connectivity index is 1.81. The summed E-state index contributed by atoms with van der Waals surface area (Å²) >= 11 is 1.73. The highest BCUT2D eigenvalue weighted by atomic mass is 32.1. The number of rotatable bonds is 2. The number of carbonyl (C=O) groups is 1. The van der Waals surface area contributed by atoms with E-state index in [1.165, 1.54) is 22.9 Å². The molecule has 2 heterocycles. The number of benzene rings is 1. The van der Waals surface area contributed by atoms with E-state index >= 15 is 0 Å². The molecule has 0 saturated heterocycles. The van der Waals surface area contributed by atoms with Gasteiger partial charge in [0.25, 0.3) is 0 Å². The van der Waals surface area contributed by atoms with Gasteiger partial charge in [0.15, 0.2) is 5.58 Å². The summed E-state index contributed by atoms with van der Waals surface area (Å²) in [6.45, 7) is 0. The van der Waals surface area contributed by atoms with Crippen LogP contribution in [0.25, 0.3) is 21.9 Å². The maximum Gasteiger partial charge on any atom is 0.335 e. The van der Waals surface area contributed by atoms with Crippen LogP contribution in [0.15, 0.2) is 28.7 Å². The summed E-state index contributed by atoms with van der Waals surface area (Å²) in [7, 11) is 0. The molecule has 4 nitrogen and oxygen atoms in total. The van der Waals surface area contributed by atoms with Crippen LogP contribution >= 0.6 is 11.3 Å². The van der Waals surface area contributed by atoms with E-state index < -0.39 is 5.97 Å². The van der Waals surface area contributed by atoms with Crippen molar-refractivity contribution >= 4 is 28.4 Å². The van der Waals surface area contributed by atoms with Gasteiger partial charge in [0.2, 0.25) is 5.89 Å². The quantitative estimate of drug-likeness (QED) is 0.779. The van der Waals surface area contributed by atoms with Crippen molar-refractivity contribution in [3.63, 3.8) is 0 Å². The third-order valence-electron chi connectivity index (χ3n) is 3.59. The molecular formula is C15H11NO3S. The van der Waals surface area contributed by atoms with Crippen molar-refractivity contribution in [3.05, 3.63) is 40.3 Å². The lowest BCUT2D eigenvalue weighted by atomic mass is 10.2. The molecule has 0 amide bonds. The molecule has 1 aliphatic rings. The smallest absolute Gasteiger partial charge is 0.335 e. The van der Waals surface area contributed by atoms with Gasteiger partial charge in [0.1, 0.15) is 5.52 Å². The van der Waals surface area contributed by atoms with Crippen molar-refractivity contribution in [2.45, 2.75) is 19.3 Å². The van der Waals surface area contributed by atoms with Crippen molar-refractivity contribution in [2.24, 2.45) is 0 Å². The number of aromatic carboxylic acids is 1. The molecule has 0 unspecified atom stereocenters. The first-order valence-corrected chi connectivity index (χ1v) is 7.28. The van der Waals surface area contributed by atoms with E-state index in [1.54, 1.807) is 23.5 Å². The van der Waals surface area contributed by atoms with Crippen molar-refractivity contribution < 1.29 is 14.3 Å². The average molecular weight is 285 g/mol. The molecule has 0 spiro atoms. The Labute approximate surface area is 118 Å². The molecule has 100 valence electrons. The van der Waals surface area contributed by atoms with Gasteiger partial charge in [-0.3, -0.25) is 0 Å². The number of aryl methyl sites for hydroxylation is 2. The molecule has 3 aromatic rings. The molecule has 5 heteroatoms. The number of carboxylic acid groups (broad SMARTS) is 1. The summed E-state index contributed by atoms with van der Waals surface area (Å²) in [4.78, 5) is 17.8. The SMILES string of the molecule is O=C(O)c1ccc2oc(-c3cc4c(s3)CCC4)nc2c1. The maximum absolute atomic E-state index is 11.0. The van der Waals surface area contributed by atoms with Gasteiger partial charge in [-0.25, -0.2) is 9.78 Å². The van der Waals surface area contributed by atoms with E-state index in [-0.39, 0.29) is 5.56 Å². The Morgan fingerprint density at radius 2 is 2.20 bits per heavy atom. The highest BCUT2D eigenvalue weighted by Gasteiger charge is 2.18. The topological polar surface area (TPSA) is 63.3 Å². The number of thiophene rings is 1. The monoisotopic (exact) mass is 285 g/mol. The third kappa shape index (κ3) is 1.74. The first-order valence-electron chi connectivity index (χ1n) is 6.46. The van der Waals surface area contributed by atoms with Gasteiger partial charge in [-0.05, 0) is 49.1 Å². The lowest BCUT2D eigenvalue weighted by molar-refractivity contribution is 0.0697. The molecule has 0 bridgehead atoms. The van der Waals surface area contributed by atoms with E-state index in [4.69, 9.17) is 9.52 Å². The molecule has 4 rings (SSSR count). The van der Waals surface area contributed by atoms with E-state index in [9.17, 15) is 4.79 Å². The second-order valence-electron chi connectivity index (χ2n) is 4.92. The zero-order valence-electron chi connectivity index (χ0n) is 10.5. The zero-order valence-corrected chi connectivity index (χ0v) is 11.4. The summed E-state index contributed by atoms with van der Waals surface area (Å²) in [5.41, 5.74) is 2.84. The van der Waals surface area contributed by atoms with Gasteiger partial charge in [0.05, 0.1) is 10.4 Å². The third-order valence-corrected chi connectivity index (χ3v) is 4.82. The summed E-state index contributed by atoms with van der Waals surface area (Å²) in [6, 6.07) is 6.90. The predicted octanol–water partition coefficient (Wildman–Crippen LogP) is 3.74. The Hall–Kier alpha value is -2.14. The van der Waals surface area contributed by atoms with E-state index in [0.29, 0.717) is 17.0 Å². The summed E-state index contributed by atoms with van der Waals surface area (Å²) in [5.74, 6) is -0.367. The summed E-state index contributed by atoms with van der Waals surface area (Å²) in [5, 5.41) is 8.99. The molecule has 0 radical (unpaired) electrons. The molecule has 0 fully saturated rings. The van der Waals surface area contributed by atoms with Gasteiger partial charge >= 0.3 is 5.97 Å². The molecule has 0 saturated carbocycles. The van der Waals surface area contributed by atoms with Gasteiger partial charge < -0.3 is 9.52 Å². The molecule has 20 heavy (non-hydrogen) atoms. The van der Waals surface area contributed by atoms with Crippen molar-refractivity contribution in [1.29, 1.82) is 0 Å². The van der Waals surface area contributed by atoms with E-state index in [1.807, 2.05) is 0 Å². The van der Waals surface area contributed by atoms with Crippen LogP contribution in [0.3, 0.4) is 0 Å². The highest BCUT2D eigenvalue weighted by molar-refractivity contribution is 7.15. The summed E-state index contributed by atoms with van der Waals surface area (Å²) in [6.07, 6.45) is 3.51. The van der Waals surface area contributed by atoms with Gasteiger partial charge in [-0.1, -0.05) is 0 Å². The molecular weight excluding hydrogens is 274 g/mol. The van der Waals surface area contributed by atoms with Crippen molar-refractivity contribution in [3.8, 4) is 10.8 Å². The number of oxazole rings is 1. The lowest BCUT2D eigenvalue weighted by Gasteiger charge is -1.91. The lowest BCUT2D eigenvalue weighted by Crippen LogP contribution is -1.94. The maximum atomic E-state index is 11.0. The number of hydrogen-bond acceptors (Lipinski definition) is 4. The van der Waals surface area contributed by atoms with Crippen LogP contribution in [0.4, 0.5) is 0 Å². The first kappa shape index (κ1) is 11.7. The van der Waals surface area contributed by atoms with Crippen LogP contribution in [-0.4, -0.2) is 16.1 Å². The van der Waals surface area contributed by atoms with Crippen LogP contribution in [0, 0.1) is 0 Å². The number of hydrogen-bond donors (Lipinski definition) is 1. The molecule has 1 N–H and O–H groups in total. The second-order valence-corrected chi connectivity index (χ2v) is 6.06. The molecule has 0 aliphatic heterocycles. The molecule has 0 atom stereocenters. The Morgan fingerprint density at radius 1 is 1.30 bits per heavy atom. The fourth-order valence-corrected chi connectivity index (χ4v) is 3.78. The van der Waals surface area contributed by atoms with Crippen LogP contribution in [0.5, 0.6) is 0 Å². The van der Waals surface area contributed by atoms with Gasteiger partial charge in [-0.2, -0.15) is 0 Å². The average Bonchev–Trinajstić information content (AvgIpc) is 3.10. The van der Waals surface area contributed by atoms with Crippen LogP contribution < -0.4 is 0 Å².